The molecule has 0 saturated heterocycles. The topological polar surface area (TPSA) is 60.4 Å². The highest BCUT2D eigenvalue weighted by molar-refractivity contribution is 6.56. The van der Waals surface area contributed by atoms with Gasteiger partial charge >= 0.3 is 5.97 Å². The molecule has 0 heterocycles. The Labute approximate surface area is 114 Å². The first-order valence-electron chi connectivity index (χ1n) is 5.12. The van der Waals surface area contributed by atoms with E-state index in [1.54, 1.807) is 6.92 Å². The molecule has 4 nitrogen and oxygen atoms in total. The van der Waals surface area contributed by atoms with Gasteiger partial charge in [0.25, 0.3) is 5.78 Å². The van der Waals surface area contributed by atoms with Crippen LogP contribution in [-0.2, 0) is 14.3 Å². The molecule has 0 spiro atoms. The lowest BCUT2D eigenvalue weighted by Crippen LogP contribution is -2.32. The summed E-state index contributed by atoms with van der Waals surface area (Å²) in [6.07, 6.45) is 0. The van der Waals surface area contributed by atoms with Crippen molar-refractivity contribution in [1.29, 1.82) is 0 Å². The molecule has 0 aliphatic heterocycles. The van der Waals surface area contributed by atoms with Crippen molar-refractivity contribution in [2.24, 2.45) is 0 Å². The van der Waals surface area contributed by atoms with Crippen LogP contribution in [0, 0.1) is 0 Å². The number of benzene rings is 1. The number of hydrogen-bond acceptors (Lipinski definition) is 4. The molecule has 1 atom stereocenters. The third-order valence-electron chi connectivity index (χ3n) is 2.07. The summed E-state index contributed by atoms with van der Waals surface area (Å²) in [5, 5.41) is -1.13. The van der Waals surface area contributed by atoms with Gasteiger partial charge in [-0.1, -0.05) is 11.6 Å². The molecule has 96 valence electrons. The molecule has 1 aromatic rings. The summed E-state index contributed by atoms with van der Waals surface area (Å²) in [4.78, 5) is 34.4. The van der Waals surface area contributed by atoms with Crippen LogP contribution in [0.4, 0.5) is 0 Å². The summed E-state index contributed by atoms with van der Waals surface area (Å²) in [6.45, 7) is 1.60. The van der Waals surface area contributed by atoms with E-state index in [9.17, 15) is 14.4 Å². The Kier molecular flexibility index (Phi) is 5.31. The number of hydrogen-bond donors (Lipinski definition) is 0. The molecule has 6 heteroatoms. The SMILES string of the molecule is CCOC(=O)C(=O)C(Cl)C(=O)c1ccc(Cl)cc1. The first kappa shape index (κ1) is 14.7. The maximum atomic E-state index is 11.8. The molecule has 0 aliphatic rings. The quantitative estimate of drug-likeness (QED) is 0.274. The summed E-state index contributed by atoms with van der Waals surface area (Å²) in [5.74, 6) is -2.84. The number of halogens is 2. The van der Waals surface area contributed by atoms with Gasteiger partial charge in [-0.2, -0.15) is 0 Å². The molecule has 1 unspecified atom stereocenters. The minimum atomic E-state index is -1.58. The van der Waals surface area contributed by atoms with Crippen molar-refractivity contribution >= 4 is 40.7 Å². The van der Waals surface area contributed by atoms with Crippen molar-refractivity contribution in [2.75, 3.05) is 6.61 Å². The van der Waals surface area contributed by atoms with Crippen LogP contribution in [0.2, 0.25) is 5.02 Å². The maximum absolute atomic E-state index is 11.8. The van der Waals surface area contributed by atoms with Gasteiger partial charge in [0, 0.05) is 10.6 Å². The second-order valence-electron chi connectivity index (χ2n) is 3.32. The minimum absolute atomic E-state index is 0.0450. The van der Waals surface area contributed by atoms with E-state index in [0.717, 1.165) is 0 Å². The smallest absolute Gasteiger partial charge is 0.376 e. The number of ether oxygens (including phenoxy) is 1. The van der Waals surface area contributed by atoms with Gasteiger partial charge in [-0.15, -0.1) is 11.6 Å². The Morgan fingerprint density at radius 1 is 1.22 bits per heavy atom. The number of rotatable bonds is 5. The molecule has 0 saturated carbocycles. The Morgan fingerprint density at radius 2 is 1.78 bits per heavy atom. The van der Waals surface area contributed by atoms with Crippen molar-refractivity contribution < 1.29 is 19.1 Å². The second kappa shape index (κ2) is 6.52. The molecule has 1 rings (SSSR count). The summed E-state index contributed by atoms with van der Waals surface area (Å²) >= 11 is 11.3. The van der Waals surface area contributed by atoms with Gasteiger partial charge in [0.15, 0.2) is 11.2 Å². The number of esters is 1. The van der Waals surface area contributed by atoms with E-state index >= 15 is 0 Å². The number of alkyl halides is 1. The molecule has 0 aromatic heterocycles. The lowest BCUT2D eigenvalue weighted by molar-refractivity contribution is -0.153. The Bertz CT molecular complexity index is 467. The van der Waals surface area contributed by atoms with E-state index in [4.69, 9.17) is 23.2 Å². The molecule has 0 N–H and O–H groups in total. The van der Waals surface area contributed by atoms with Crippen LogP contribution in [0.3, 0.4) is 0 Å². The van der Waals surface area contributed by atoms with Crippen LogP contribution in [-0.4, -0.2) is 29.5 Å². The monoisotopic (exact) mass is 288 g/mol. The molecular weight excluding hydrogens is 279 g/mol. The molecule has 1 aromatic carbocycles. The maximum Gasteiger partial charge on any atom is 0.376 e. The zero-order valence-electron chi connectivity index (χ0n) is 9.48. The molecule has 0 fully saturated rings. The molecule has 0 aliphatic carbocycles. The summed E-state index contributed by atoms with van der Waals surface area (Å²) in [6, 6.07) is 5.84. The Hall–Kier alpha value is -1.39. The number of carbonyl (C=O) groups excluding carboxylic acids is 3. The van der Waals surface area contributed by atoms with Crippen LogP contribution in [0.1, 0.15) is 17.3 Å². The fraction of sp³-hybridized carbons (Fsp3) is 0.250. The Morgan fingerprint density at radius 3 is 2.28 bits per heavy atom. The zero-order valence-corrected chi connectivity index (χ0v) is 11.0. The average molecular weight is 289 g/mol. The lowest BCUT2D eigenvalue weighted by Gasteiger charge is -2.07. The van der Waals surface area contributed by atoms with Gasteiger partial charge in [-0.25, -0.2) is 4.79 Å². The third-order valence-corrected chi connectivity index (χ3v) is 2.71. The van der Waals surface area contributed by atoms with Crippen molar-refractivity contribution in [1.82, 2.24) is 0 Å². The van der Waals surface area contributed by atoms with Crippen LogP contribution in [0.15, 0.2) is 24.3 Å². The molecule has 0 amide bonds. The van der Waals surface area contributed by atoms with Crippen molar-refractivity contribution in [3.05, 3.63) is 34.9 Å². The van der Waals surface area contributed by atoms with E-state index in [-0.39, 0.29) is 12.2 Å². The van der Waals surface area contributed by atoms with Crippen LogP contribution < -0.4 is 0 Å². The highest BCUT2D eigenvalue weighted by Crippen LogP contribution is 2.14. The first-order valence-corrected chi connectivity index (χ1v) is 5.93. The van der Waals surface area contributed by atoms with Gasteiger partial charge in [0.2, 0.25) is 0 Å². The standard InChI is InChI=1S/C12H10Cl2O4/c1-2-18-12(17)11(16)9(14)10(15)7-3-5-8(13)6-4-7/h3-6,9H,2H2,1H3. The highest BCUT2D eigenvalue weighted by Gasteiger charge is 2.31. The van der Waals surface area contributed by atoms with Gasteiger partial charge in [-0.3, -0.25) is 9.59 Å². The largest absolute Gasteiger partial charge is 0.460 e. The minimum Gasteiger partial charge on any atom is -0.460 e. The van der Waals surface area contributed by atoms with Crippen molar-refractivity contribution in [3.63, 3.8) is 0 Å². The fourth-order valence-corrected chi connectivity index (χ4v) is 1.53. The van der Waals surface area contributed by atoms with E-state index in [0.29, 0.717) is 5.02 Å². The number of ketones is 2. The normalized spacial score (nSPS) is 11.7. The molecule has 18 heavy (non-hydrogen) atoms. The first-order chi connectivity index (χ1) is 8.47. The predicted molar refractivity (Wildman–Crippen MR) is 67.1 cm³/mol. The molecule has 0 radical (unpaired) electrons. The zero-order chi connectivity index (χ0) is 13.7. The van der Waals surface area contributed by atoms with Crippen LogP contribution in [0.5, 0.6) is 0 Å². The van der Waals surface area contributed by atoms with Crippen LogP contribution in [0.25, 0.3) is 0 Å². The van der Waals surface area contributed by atoms with E-state index in [1.165, 1.54) is 24.3 Å². The van der Waals surface area contributed by atoms with Crippen molar-refractivity contribution in [3.8, 4) is 0 Å². The van der Waals surface area contributed by atoms with E-state index in [2.05, 4.69) is 4.74 Å². The summed E-state index contributed by atoms with van der Waals surface area (Å²) in [7, 11) is 0. The van der Waals surface area contributed by atoms with Crippen molar-refractivity contribution in [2.45, 2.75) is 12.3 Å². The predicted octanol–water partition coefficient (Wildman–Crippen LogP) is 2.26. The highest BCUT2D eigenvalue weighted by atomic mass is 35.5. The average Bonchev–Trinajstić information content (AvgIpc) is 2.37. The number of Topliss-reactive ketones (excluding diaryl/α,β-unsaturated/α-hetero) is 2. The van der Waals surface area contributed by atoms with Crippen LogP contribution >= 0.6 is 23.2 Å². The molecular formula is C12H10Cl2O4. The van der Waals surface area contributed by atoms with E-state index in [1.807, 2.05) is 0 Å². The van der Waals surface area contributed by atoms with Gasteiger partial charge < -0.3 is 4.74 Å². The van der Waals surface area contributed by atoms with Gasteiger partial charge in [-0.05, 0) is 31.2 Å². The second-order valence-corrected chi connectivity index (χ2v) is 4.19. The Balaban J connectivity index is 2.81. The lowest BCUT2D eigenvalue weighted by atomic mass is 10.1. The summed E-state index contributed by atoms with van der Waals surface area (Å²) < 4.78 is 4.48. The van der Waals surface area contributed by atoms with Gasteiger partial charge in [0.05, 0.1) is 6.61 Å². The number of carbonyl (C=O) groups is 3. The fourth-order valence-electron chi connectivity index (χ4n) is 1.19. The third kappa shape index (κ3) is 3.55. The molecule has 0 bridgehead atoms. The van der Waals surface area contributed by atoms with Gasteiger partial charge in [0.1, 0.15) is 0 Å². The van der Waals surface area contributed by atoms with E-state index < -0.39 is 22.9 Å². The summed E-state index contributed by atoms with van der Waals surface area (Å²) in [5.41, 5.74) is 0.206.